The van der Waals surface area contributed by atoms with Crippen molar-refractivity contribution in [2.75, 3.05) is 40.4 Å². The van der Waals surface area contributed by atoms with Gasteiger partial charge in [-0.2, -0.15) is 0 Å². The summed E-state index contributed by atoms with van der Waals surface area (Å²) in [7, 11) is 3.58. The Balaban J connectivity index is 1.63. The van der Waals surface area contributed by atoms with Gasteiger partial charge in [0.2, 0.25) is 5.91 Å². The molecule has 0 bridgehead atoms. The SMILES string of the molecule is CN(C)C(=O)C[C@H]1CC[C@H]2[C@@H](COC[C@@H](O)CN2CC2CCCC2)O1. The molecule has 1 saturated carbocycles. The first-order valence-corrected chi connectivity index (χ1v) is 9.88. The predicted octanol–water partition coefficient (Wildman–Crippen LogP) is 1.26. The van der Waals surface area contributed by atoms with Crippen molar-refractivity contribution in [1.82, 2.24) is 9.80 Å². The van der Waals surface area contributed by atoms with E-state index in [2.05, 4.69) is 4.90 Å². The number of carbonyl (C=O) groups excluding carboxylic acids is 1. The smallest absolute Gasteiger partial charge is 0.224 e. The van der Waals surface area contributed by atoms with Gasteiger partial charge in [0.15, 0.2) is 0 Å². The molecule has 1 amide bonds. The summed E-state index contributed by atoms with van der Waals surface area (Å²) in [5, 5.41) is 10.2. The van der Waals surface area contributed by atoms with Gasteiger partial charge < -0.3 is 19.5 Å². The maximum atomic E-state index is 12.0. The second-order valence-corrected chi connectivity index (χ2v) is 8.23. The van der Waals surface area contributed by atoms with Crippen molar-refractivity contribution in [2.24, 2.45) is 5.92 Å². The number of amides is 1. The molecule has 25 heavy (non-hydrogen) atoms. The van der Waals surface area contributed by atoms with Crippen LogP contribution >= 0.6 is 0 Å². The second kappa shape index (κ2) is 8.80. The Kier molecular flexibility index (Phi) is 6.72. The molecule has 6 heteroatoms. The Bertz CT molecular complexity index is 439. The number of rotatable bonds is 4. The average Bonchev–Trinajstić information content (AvgIpc) is 3.06. The van der Waals surface area contributed by atoms with E-state index in [-0.39, 0.29) is 18.1 Å². The first-order valence-electron chi connectivity index (χ1n) is 9.88. The summed E-state index contributed by atoms with van der Waals surface area (Å²) in [4.78, 5) is 16.1. The van der Waals surface area contributed by atoms with E-state index in [1.807, 2.05) is 0 Å². The van der Waals surface area contributed by atoms with Crippen LogP contribution in [0.25, 0.3) is 0 Å². The van der Waals surface area contributed by atoms with Gasteiger partial charge in [0.25, 0.3) is 0 Å². The van der Waals surface area contributed by atoms with Gasteiger partial charge in [-0.1, -0.05) is 12.8 Å². The van der Waals surface area contributed by atoms with Crippen molar-refractivity contribution < 1.29 is 19.4 Å². The largest absolute Gasteiger partial charge is 0.389 e. The molecule has 2 saturated heterocycles. The quantitative estimate of drug-likeness (QED) is 0.824. The van der Waals surface area contributed by atoms with Crippen molar-refractivity contribution in [1.29, 1.82) is 0 Å². The van der Waals surface area contributed by atoms with E-state index in [1.165, 1.54) is 25.7 Å². The fourth-order valence-corrected chi connectivity index (χ4v) is 4.56. The van der Waals surface area contributed by atoms with Crippen LogP contribution in [0, 0.1) is 5.92 Å². The number of ether oxygens (including phenoxy) is 2. The molecule has 144 valence electrons. The van der Waals surface area contributed by atoms with Crippen LogP contribution in [0.2, 0.25) is 0 Å². The number of aliphatic hydroxyl groups excluding tert-OH is 1. The van der Waals surface area contributed by atoms with Crippen LogP contribution in [-0.2, 0) is 14.3 Å². The zero-order chi connectivity index (χ0) is 17.8. The van der Waals surface area contributed by atoms with Crippen molar-refractivity contribution in [3.63, 3.8) is 0 Å². The molecular formula is C19H34N2O4. The molecule has 3 rings (SSSR count). The molecule has 0 radical (unpaired) electrons. The Hall–Kier alpha value is -0.690. The molecule has 2 aliphatic heterocycles. The summed E-state index contributed by atoms with van der Waals surface area (Å²) in [6, 6.07) is 0.293. The fourth-order valence-electron chi connectivity index (χ4n) is 4.56. The molecule has 0 aromatic heterocycles. The van der Waals surface area contributed by atoms with Crippen molar-refractivity contribution in [3.05, 3.63) is 0 Å². The van der Waals surface area contributed by atoms with Crippen LogP contribution in [0.4, 0.5) is 0 Å². The summed E-state index contributed by atoms with van der Waals surface area (Å²) in [6.45, 7) is 2.61. The van der Waals surface area contributed by atoms with E-state index in [1.54, 1.807) is 19.0 Å². The van der Waals surface area contributed by atoms with E-state index < -0.39 is 6.10 Å². The van der Waals surface area contributed by atoms with E-state index in [0.29, 0.717) is 32.2 Å². The number of hydrogen-bond acceptors (Lipinski definition) is 5. The number of hydrogen-bond donors (Lipinski definition) is 1. The maximum Gasteiger partial charge on any atom is 0.224 e. The van der Waals surface area contributed by atoms with Crippen LogP contribution in [-0.4, -0.2) is 85.6 Å². The van der Waals surface area contributed by atoms with Gasteiger partial charge in [-0.3, -0.25) is 9.69 Å². The van der Waals surface area contributed by atoms with E-state index in [9.17, 15) is 9.90 Å². The Morgan fingerprint density at radius 3 is 2.64 bits per heavy atom. The Morgan fingerprint density at radius 1 is 1.16 bits per heavy atom. The van der Waals surface area contributed by atoms with Gasteiger partial charge in [-0.15, -0.1) is 0 Å². The fraction of sp³-hybridized carbons (Fsp3) is 0.947. The van der Waals surface area contributed by atoms with E-state index >= 15 is 0 Å². The van der Waals surface area contributed by atoms with E-state index in [0.717, 1.165) is 25.3 Å². The Labute approximate surface area is 151 Å². The maximum absolute atomic E-state index is 12.0. The van der Waals surface area contributed by atoms with Gasteiger partial charge >= 0.3 is 0 Å². The molecule has 1 aliphatic carbocycles. The highest BCUT2D eigenvalue weighted by atomic mass is 16.5. The average molecular weight is 354 g/mol. The lowest BCUT2D eigenvalue weighted by Crippen LogP contribution is -2.56. The molecule has 0 aromatic carbocycles. The predicted molar refractivity (Wildman–Crippen MR) is 95.4 cm³/mol. The molecule has 4 atom stereocenters. The highest BCUT2D eigenvalue weighted by molar-refractivity contribution is 5.76. The lowest BCUT2D eigenvalue weighted by atomic mass is 9.93. The van der Waals surface area contributed by atoms with Crippen LogP contribution in [0.15, 0.2) is 0 Å². The molecule has 3 aliphatic rings. The molecule has 0 unspecified atom stereocenters. The van der Waals surface area contributed by atoms with Crippen molar-refractivity contribution in [3.8, 4) is 0 Å². The minimum atomic E-state index is -0.421. The monoisotopic (exact) mass is 354 g/mol. The van der Waals surface area contributed by atoms with Crippen molar-refractivity contribution >= 4 is 5.91 Å². The van der Waals surface area contributed by atoms with Crippen molar-refractivity contribution in [2.45, 2.75) is 69.3 Å². The highest BCUT2D eigenvalue weighted by Crippen LogP contribution is 2.31. The van der Waals surface area contributed by atoms with Crippen LogP contribution in [0.1, 0.15) is 44.9 Å². The summed E-state index contributed by atoms with van der Waals surface area (Å²) in [5.41, 5.74) is 0. The number of aliphatic hydroxyl groups is 1. The van der Waals surface area contributed by atoms with Gasteiger partial charge in [0.05, 0.1) is 37.9 Å². The third-order valence-corrected chi connectivity index (χ3v) is 5.96. The summed E-state index contributed by atoms with van der Waals surface area (Å²) in [6.07, 6.45) is 7.21. The van der Waals surface area contributed by atoms with Crippen LogP contribution in [0.5, 0.6) is 0 Å². The molecule has 0 spiro atoms. The molecule has 0 aromatic rings. The number of β-amino-alcohol motifs (C(OH)–C–C–N with tert-alkyl or cyclic N) is 1. The second-order valence-electron chi connectivity index (χ2n) is 8.23. The molecular weight excluding hydrogens is 320 g/mol. The summed E-state index contributed by atoms with van der Waals surface area (Å²) < 4.78 is 12.0. The molecule has 6 nitrogen and oxygen atoms in total. The van der Waals surface area contributed by atoms with Crippen LogP contribution < -0.4 is 0 Å². The minimum absolute atomic E-state index is 0.00242. The third kappa shape index (κ3) is 5.16. The van der Waals surface area contributed by atoms with Gasteiger partial charge in [0, 0.05) is 33.2 Å². The molecule has 1 N–H and O–H groups in total. The summed E-state index contributed by atoms with van der Waals surface area (Å²) >= 11 is 0. The first kappa shape index (κ1) is 19.1. The molecule has 3 fully saturated rings. The zero-order valence-electron chi connectivity index (χ0n) is 15.7. The molecule has 2 heterocycles. The lowest BCUT2D eigenvalue weighted by Gasteiger charge is -2.45. The van der Waals surface area contributed by atoms with Crippen LogP contribution in [0.3, 0.4) is 0 Å². The normalized spacial score (nSPS) is 35.0. The minimum Gasteiger partial charge on any atom is -0.389 e. The van der Waals surface area contributed by atoms with E-state index in [4.69, 9.17) is 9.47 Å². The summed E-state index contributed by atoms with van der Waals surface area (Å²) in [5.74, 6) is 0.870. The van der Waals surface area contributed by atoms with Gasteiger partial charge in [0.1, 0.15) is 0 Å². The topological polar surface area (TPSA) is 62.2 Å². The van der Waals surface area contributed by atoms with Gasteiger partial charge in [-0.25, -0.2) is 0 Å². The number of fused-ring (bicyclic) bond motifs is 1. The Morgan fingerprint density at radius 2 is 1.92 bits per heavy atom. The standard InChI is InChI=1S/C19H34N2O4/c1-20(2)19(23)9-16-7-8-17-18(25-16)13-24-12-15(22)11-21(17)10-14-5-3-4-6-14/h14-18,22H,3-13H2,1-2H3/t15-,16+,17-,18+/m0/s1. The highest BCUT2D eigenvalue weighted by Gasteiger charge is 2.38. The third-order valence-electron chi connectivity index (χ3n) is 5.96. The number of nitrogens with zero attached hydrogens (tertiary/aromatic N) is 2. The lowest BCUT2D eigenvalue weighted by molar-refractivity contribution is -0.160. The zero-order valence-corrected chi connectivity index (χ0v) is 15.7. The first-order chi connectivity index (χ1) is 12.0. The van der Waals surface area contributed by atoms with Gasteiger partial charge in [-0.05, 0) is 31.6 Å². The number of carbonyl (C=O) groups is 1.